The van der Waals surface area contributed by atoms with Crippen molar-refractivity contribution in [1.29, 1.82) is 0 Å². The van der Waals surface area contributed by atoms with E-state index in [0.29, 0.717) is 23.1 Å². The van der Waals surface area contributed by atoms with Crippen LogP contribution in [0.15, 0.2) is 110 Å². The lowest BCUT2D eigenvalue weighted by molar-refractivity contribution is -0.130. The molecule has 1 aliphatic rings. The third-order valence-corrected chi connectivity index (χ3v) is 8.30. The van der Waals surface area contributed by atoms with Crippen LogP contribution in [0.2, 0.25) is 0 Å². The maximum absolute atomic E-state index is 13.7. The number of hydrazone groups is 1. The highest BCUT2D eigenvalue weighted by Gasteiger charge is 2.33. The molecule has 1 atom stereocenters. The maximum atomic E-state index is 13.7. The molecule has 5 aromatic rings. The van der Waals surface area contributed by atoms with Crippen molar-refractivity contribution in [2.24, 2.45) is 5.10 Å². The van der Waals surface area contributed by atoms with Gasteiger partial charge in [0.05, 0.1) is 30.3 Å². The number of hydrogen-bond donors (Lipinski definition) is 1. The predicted molar refractivity (Wildman–Crippen MR) is 163 cm³/mol. The van der Waals surface area contributed by atoms with E-state index in [2.05, 4.69) is 36.5 Å². The number of thioether (sulfide) groups is 1. The number of rotatable bonds is 9. The zero-order valence-electron chi connectivity index (χ0n) is 22.9. The van der Waals surface area contributed by atoms with Gasteiger partial charge in [0.2, 0.25) is 0 Å². The fourth-order valence-electron chi connectivity index (χ4n) is 4.71. The molecule has 0 spiro atoms. The average Bonchev–Trinajstić information content (AvgIpc) is 3.81. The molecule has 0 radical (unpaired) electrons. The fraction of sp³-hybridized carbons (Fsp3) is 0.129. The highest BCUT2D eigenvalue weighted by molar-refractivity contribution is 9.10. The molecule has 3 heterocycles. The van der Waals surface area contributed by atoms with Gasteiger partial charge in [0, 0.05) is 16.6 Å². The van der Waals surface area contributed by atoms with E-state index in [1.54, 1.807) is 34.9 Å². The Bertz CT molecular complexity index is 1810. The average molecular weight is 678 g/mol. The van der Waals surface area contributed by atoms with Gasteiger partial charge in [-0.25, -0.2) is 13.8 Å². The fourth-order valence-corrected chi connectivity index (χ4v) is 5.79. The summed E-state index contributed by atoms with van der Waals surface area (Å²) >= 11 is 4.57. The van der Waals surface area contributed by atoms with E-state index in [-0.39, 0.29) is 29.8 Å². The van der Waals surface area contributed by atoms with E-state index in [9.17, 15) is 18.4 Å². The van der Waals surface area contributed by atoms with Crippen LogP contribution in [-0.4, -0.2) is 43.1 Å². The predicted octanol–water partition coefficient (Wildman–Crippen LogP) is 6.30. The lowest BCUT2D eigenvalue weighted by Crippen LogP contribution is -2.28. The van der Waals surface area contributed by atoms with Crippen LogP contribution < -0.4 is 5.32 Å². The molecule has 0 saturated carbocycles. The zero-order chi connectivity index (χ0) is 30.6. The van der Waals surface area contributed by atoms with Crippen molar-refractivity contribution in [3.8, 4) is 5.69 Å². The van der Waals surface area contributed by atoms with Crippen molar-refractivity contribution in [1.82, 2.24) is 25.1 Å². The number of halogens is 3. The number of nitrogens with one attached hydrogen (secondary N) is 1. The molecule has 0 fully saturated rings. The van der Waals surface area contributed by atoms with Crippen LogP contribution in [0, 0.1) is 11.6 Å². The molecule has 0 saturated heterocycles. The lowest BCUT2D eigenvalue weighted by atomic mass is 9.98. The van der Waals surface area contributed by atoms with Crippen LogP contribution in [0.3, 0.4) is 0 Å². The maximum Gasteiger partial charge on any atom is 0.287 e. The first-order valence-electron chi connectivity index (χ1n) is 13.4. The molecule has 3 aromatic carbocycles. The molecule has 2 aromatic heterocycles. The molecular weight excluding hydrogens is 654 g/mol. The Morgan fingerprint density at radius 3 is 2.34 bits per heavy atom. The van der Waals surface area contributed by atoms with E-state index in [0.717, 1.165) is 33.1 Å². The number of aromatic nitrogens is 3. The number of benzene rings is 3. The Morgan fingerprint density at radius 2 is 1.66 bits per heavy atom. The van der Waals surface area contributed by atoms with E-state index >= 15 is 0 Å². The SMILES string of the molecule is O=C(NCc1nnc(SCC(=O)N2N=C(c3ccc(Br)cc3)C[C@H]2c2ccc(F)cc2)n1-c1ccc(F)cc1)c1ccco1. The van der Waals surface area contributed by atoms with Gasteiger partial charge in [0.1, 0.15) is 11.6 Å². The third-order valence-electron chi connectivity index (χ3n) is 6.86. The Kier molecular flexibility index (Phi) is 8.66. The number of furan rings is 1. The molecule has 13 heteroatoms. The zero-order valence-corrected chi connectivity index (χ0v) is 25.3. The normalized spacial score (nSPS) is 14.5. The van der Waals surface area contributed by atoms with Gasteiger partial charge < -0.3 is 9.73 Å². The highest BCUT2D eigenvalue weighted by atomic mass is 79.9. The summed E-state index contributed by atoms with van der Waals surface area (Å²) < 4.78 is 35.2. The van der Waals surface area contributed by atoms with Gasteiger partial charge in [-0.2, -0.15) is 5.10 Å². The molecule has 6 rings (SSSR count). The number of carbonyl (C=O) groups excluding carboxylic acids is 2. The summed E-state index contributed by atoms with van der Waals surface area (Å²) in [4.78, 5) is 26.1. The first kappa shape index (κ1) is 29.5. The Morgan fingerprint density at radius 1 is 0.955 bits per heavy atom. The molecule has 9 nitrogen and oxygen atoms in total. The summed E-state index contributed by atoms with van der Waals surface area (Å²) in [7, 11) is 0. The summed E-state index contributed by atoms with van der Waals surface area (Å²) in [6.07, 6.45) is 1.85. The minimum Gasteiger partial charge on any atom is -0.459 e. The van der Waals surface area contributed by atoms with Crippen molar-refractivity contribution < 1.29 is 22.8 Å². The molecule has 0 aliphatic carbocycles. The van der Waals surface area contributed by atoms with Gasteiger partial charge in [-0.1, -0.05) is 52.0 Å². The van der Waals surface area contributed by atoms with Crippen LogP contribution in [-0.2, 0) is 11.3 Å². The molecule has 222 valence electrons. The van der Waals surface area contributed by atoms with Gasteiger partial charge in [-0.3, -0.25) is 14.2 Å². The molecule has 44 heavy (non-hydrogen) atoms. The standard InChI is InChI=1S/C31H23BrF2N6O3S/c32-21-7-3-19(4-8-21)25-16-26(20-5-9-22(33)10-6-20)40(38-25)29(41)18-44-31-37-36-28(17-35-30(42)27-2-1-15-43-27)39(31)24-13-11-23(34)12-14-24/h1-15,26H,16-18H2,(H,35,42)/t26-/m0/s1. The molecule has 0 unspecified atom stereocenters. The summed E-state index contributed by atoms with van der Waals surface area (Å²) in [5, 5.41) is 17.7. The number of amides is 2. The monoisotopic (exact) mass is 676 g/mol. The quantitative estimate of drug-likeness (QED) is 0.184. The Balaban J connectivity index is 1.25. The van der Waals surface area contributed by atoms with Crippen molar-refractivity contribution in [2.45, 2.75) is 24.2 Å². The third kappa shape index (κ3) is 6.48. The molecule has 0 bridgehead atoms. The van der Waals surface area contributed by atoms with Crippen LogP contribution in [0.5, 0.6) is 0 Å². The summed E-state index contributed by atoms with van der Waals surface area (Å²) in [6.45, 7) is -0.00196. The highest BCUT2D eigenvalue weighted by Crippen LogP contribution is 2.34. The number of nitrogens with zero attached hydrogens (tertiary/aromatic N) is 5. The van der Waals surface area contributed by atoms with Gasteiger partial charge in [-0.15, -0.1) is 10.2 Å². The van der Waals surface area contributed by atoms with Gasteiger partial charge >= 0.3 is 0 Å². The Labute approximate surface area is 263 Å². The van der Waals surface area contributed by atoms with Crippen LogP contribution in [0.25, 0.3) is 5.69 Å². The van der Waals surface area contributed by atoms with Gasteiger partial charge in [0.15, 0.2) is 16.7 Å². The number of hydrogen-bond acceptors (Lipinski definition) is 7. The van der Waals surface area contributed by atoms with Gasteiger partial charge in [0.25, 0.3) is 11.8 Å². The smallest absolute Gasteiger partial charge is 0.287 e. The second-order valence-corrected chi connectivity index (χ2v) is 11.6. The van der Waals surface area contributed by atoms with Crippen molar-refractivity contribution in [2.75, 3.05) is 5.75 Å². The minimum absolute atomic E-state index is 0.00196. The lowest BCUT2D eigenvalue weighted by Gasteiger charge is -2.22. The Hall–Kier alpha value is -4.62. The van der Waals surface area contributed by atoms with Crippen molar-refractivity contribution in [3.05, 3.63) is 130 Å². The first-order valence-corrected chi connectivity index (χ1v) is 15.2. The largest absolute Gasteiger partial charge is 0.459 e. The van der Waals surface area contributed by atoms with Crippen molar-refractivity contribution >= 4 is 45.2 Å². The van der Waals surface area contributed by atoms with Crippen LogP contribution in [0.1, 0.15) is 40.0 Å². The van der Waals surface area contributed by atoms with Gasteiger partial charge in [-0.05, 0) is 71.8 Å². The summed E-state index contributed by atoms with van der Waals surface area (Å²) in [5.74, 6) is -1.06. The van der Waals surface area contributed by atoms with Crippen LogP contribution >= 0.6 is 27.7 Å². The summed E-state index contributed by atoms with van der Waals surface area (Å²) in [5.41, 5.74) is 2.91. The minimum atomic E-state index is -0.437. The molecule has 1 aliphatic heterocycles. The molecular formula is C31H23BrF2N6O3S. The van der Waals surface area contributed by atoms with Crippen LogP contribution in [0.4, 0.5) is 8.78 Å². The van der Waals surface area contributed by atoms with E-state index < -0.39 is 17.8 Å². The van der Waals surface area contributed by atoms with E-state index in [1.807, 2.05) is 24.3 Å². The molecule has 1 N–H and O–H groups in total. The van der Waals surface area contributed by atoms with Crippen molar-refractivity contribution in [3.63, 3.8) is 0 Å². The second kappa shape index (κ2) is 12.9. The molecule has 2 amide bonds. The van der Waals surface area contributed by atoms with E-state index in [1.165, 1.54) is 41.6 Å². The number of carbonyl (C=O) groups is 2. The van der Waals surface area contributed by atoms with E-state index in [4.69, 9.17) is 4.42 Å². The second-order valence-electron chi connectivity index (χ2n) is 9.72. The topological polar surface area (TPSA) is 106 Å². The summed E-state index contributed by atoms with van der Waals surface area (Å²) in [6, 6.07) is 22.1. The first-order chi connectivity index (χ1) is 21.4.